The fraction of sp³-hybridized carbons (Fsp3) is 1.00. The van der Waals surface area contributed by atoms with Gasteiger partial charge in [0.1, 0.15) is 0 Å². The van der Waals surface area contributed by atoms with E-state index in [1.165, 1.54) is 122 Å². The van der Waals surface area contributed by atoms with Gasteiger partial charge < -0.3 is 5.32 Å². The van der Waals surface area contributed by atoms with Crippen molar-refractivity contribution >= 4 is 0 Å². The second-order valence-electron chi connectivity index (χ2n) is 10.1. The molecule has 1 N–H and O–H groups in total. The van der Waals surface area contributed by atoms with Crippen LogP contribution in [0.4, 0.5) is 0 Å². The van der Waals surface area contributed by atoms with Crippen molar-refractivity contribution in [3.05, 3.63) is 0 Å². The minimum atomic E-state index is 0.326. The second-order valence-corrected chi connectivity index (χ2v) is 10.1. The summed E-state index contributed by atoms with van der Waals surface area (Å²) >= 11 is 0. The van der Waals surface area contributed by atoms with Gasteiger partial charge in [0.05, 0.1) is 0 Å². The highest BCUT2D eigenvalue weighted by molar-refractivity contribution is 4.94. The van der Waals surface area contributed by atoms with Crippen LogP contribution in [0, 0.1) is 0 Å². The quantitative estimate of drug-likeness (QED) is 0.191. The maximum absolute atomic E-state index is 4.29. The Balaban J connectivity index is 4.87. The van der Waals surface area contributed by atoms with Gasteiger partial charge in [-0.1, -0.05) is 124 Å². The van der Waals surface area contributed by atoms with Gasteiger partial charge >= 0.3 is 0 Å². The van der Waals surface area contributed by atoms with Crippen LogP contribution in [-0.4, -0.2) is 11.1 Å². The molecule has 0 rings (SSSR count). The standard InChI is InChI=1S/C27H57N/c1-7-11-15-18-21-25-27(6,24-20-17-13-9-3)28-26(5,22-14-10-4)23-19-16-12-8-2/h28H,7-25H2,1-6H3. The largest absolute Gasteiger partial charge is 0.306 e. The molecule has 28 heavy (non-hydrogen) atoms. The number of unbranched alkanes of at least 4 members (excludes halogenated alkanes) is 11. The Morgan fingerprint density at radius 3 is 1.04 bits per heavy atom. The summed E-state index contributed by atoms with van der Waals surface area (Å²) in [4.78, 5) is 0. The minimum Gasteiger partial charge on any atom is -0.306 e. The van der Waals surface area contributed by atoms with Crippen molar-refractivity contribution in [3.63, 3.8) is 0 Å². The van der Waals surface area contributed by atoms with Crippen molar-refractivity contribution in [1.82, 2.24) is 5.32 Å². The Morgan fingerprint density at radius 1 is 0.393 bits per heavy atom. The zero-order chi connectivity index (χ0) is 21.1. The summed E-state index contributed by atoms with van der Waals surface area (Å²) in [6.07, 6.45) is 26.2. The molecule has 0 fully saturated rings. The predicted octanol–water partition coefficient (Wildman–Crippen LogP) is 9.58. The normalized spacial score (nSPS) is 16.1. The molecule has 0 aromatic heterocycles. The van der Waals surface area contributed by atoms with E-state index < -0.39 is 0 Å². The molecule has 0 radical (unpaired) electrons. The number of rotatable bonds is 21. The third kappa shape index (κ3) is 14.9. The Kier molecular flexibility index (Phi) is 17.8. The third-order valence-corrected chi connectivity index (χ3v) is 6.68. The molecule has 2 atom stereocenters. The molecule has 2 unspecified atom stereocenters. The highest BCUT2D eigenvalue weighted by atomic mass is 15.0. The molecule has 1 nitrogen and oxygen atoms in total. The zero-order valence-electron chi connectivity index (χ0n) is 20.9. The van der Waals surface area contributed by atoms with Crippen molar-refractivity contribution in [1.29, 1.82) is 0 Å². The molecule has 0 saturated heterocycles. The first kappa shape index (κ1) is 28.0. The monoisotopic (exact) mass is 395 g/mol. The first-order chi connectivity index (χ1) is 13.4. The van der Waals surface area contributed by atoms with Crippen LogP contribution in [0.25, 0.3) is 0 Å². The molecule has 170 valence electrons. The lowest BCUT2D eigenvalue weighted by Gasteiger charge is -2.43. The van der Waals surface area contributed by atoms with Crippen molar-refractivity contribution in [3.8, 4) is 0 Å². The van der Waals surface area contributed by atoms with Crippen LogP contribution in [-0.2, 0) is 0 Å². The van der Waals surface area contributed by atoms with E-state index in [2.05, 4.69) is 46.9 Å². The molecule has 0 spiro atoms. The van der Waals surface area contributed by atoms with Crippen molar-refractivity contribution in [2.45, 2.75) is 175 Å². The molecule has 1 heteroatoms. The summed E-state index contributed by atoms with van der Waals surface area (Å²) in [7, 11) is 0. The highest BCUT2D eigenvalue weighted by Gasteiger charge is 2.32. The fourth-order valence-electron chi connectivity index (χ4n) is 4.80. The first-order valence-corrected chi connectivity index (χ1v) is 13.2. The molecule has 0 aliphatic carbocycles. The lowest BCUT2D eigenvalue weighted by atomic mass is 9.81. The van der Waals surface area contributed by atoms with Gasteiger partial charge in [-0.25, -0.2) is 0 Å². The van der Waals surface area contributed by atoms with Gasteiger partial charge in [-0.05, 0) is 39.5 Å². The van der Waals surface area contributed by atoms with Gasteiger partial charge in [-0.15, -0.1) is 0 Å². The van der Waals surface area contributed by atoms with Crippen molar-refractivity contribution < 1.29 is 0 Å². The topological polar surface area (TPSA) is 12.0 Å². The van der Waals surface area contributed by atoms with E-state index >= 15 is 0 Å². The lowest BCUT2D eigenvalue weighted by molar-refractivity contribution is 0.173. The summed E-state index contributed by atoms with van der Waals surface area (Å²) in [5.41, 5.74) is 0.653. The van der Waals surface area contributed by atoms with Crippen LogP contribution in [0.5, 0.6) is 0 Å². The van der Waals surface area contributed by atoms with Crippen LogP contribution in [0.1, 0.15) is 164 Å². The van der Waals surface area contributed by atoms with Gasteiger partial charge in [0, 0.05) is 11.1 Å². The van der Waals surface area contributed by atoms with Gasteiger partial charge in [0.15, 0.2) is 0 Å². The average molecular weight is 396 g/mol. The summed E-state index contributed by atoms with van der Waals surface area (Å²) in [5.74, 6) is 0. The van der Waals surface area contributed by atoms with Gasteiger partial charge in [-0.3, -0.25) is 0 Å². The van der Waals surface area contributed by atoms with E-state index in [1.54, 1.807) is 0 Å². The summed E-state index contributed by atoms with van der Waals surface area (Å²) < 4.78 is 0. The smallest absolute Gasteiger partial charge is 0.0158 e. The molecule has 0 aromatic carbocycles. The van der Waals surface area contributed by atoms with E-state index in [0.717, 1.165) is 0 Å². The molecule has 0 heterocycles. The molecule has 0 aliphatic rings. The molecule has 0 aliphatic heterocycles. The van der Waals surface area contributed by atoms with Crippen LogP contribution < -0.4 is 5.32 Å². The van der Waals surface area contributed by atoms with E-state index in [0.29, 0.717) is 11.1 Å². The number of nitrogens with one attached hydrogen (secondary N) is 1. The minimum absolute atomic E-state index is 0.326. The van der Waals surface area contributed by atoms with Gasteiger partial charge in [0.2, 0.25) is 0 Å². The van der Waals surface area contributed by atoms with E-state index in [-0.39, 0.29) is 0 Å². The molecular weight excluding hydrogens is 338 g/mol. The zero-order valence-corrected chi connectivity index (χ0v) is 20.9. The SMILES string of the molecule is CCCCCCCC(C)(CCCCCC)NC(C)(CCCC)CCCCCC. The Labute approximate surface area is 180 Å². The summed E-state index contributed by atoms with van der Waals surface area (Å²) in [6, 6.07) is 0. The van der Waals surface area contributed by atoms with Crippen LogP contribution in [0.2, 0.25) is 0 Å². The van der Waals surface area contributed by atoms with Crippen LogP contribution >= 0.6 is 0 Å². The lowest BCUT2D eigenvalue weighted by Crippen LogP contribution is -2.55. The molecule has 0 saturated carbocycles. The molecule has 0 bridgehead atoms. The first-order valence-electron chi connectivity index (χ1n) is 13.2. The molecule has 0 aromatic rings. The second kappa shape index (κ2) is 17.8. The third-order valence-electron chi connectivity index (χ3n) is 6.68. The fourth-order valence-corrected chi connectivity index (χ4v) is 4.80. The maximum Gasteiger partial charge on any atom is 0.0158 e. The highest BCUT2D eigenvalue weighted by Crippen LogP contribution is 2.30. The summed E-state index contributed by atoms with van der Waals surface area (Å²) in [6.45, 7) is 14.4. The Morgan fingerprint density at radius 2 is 0.679 bits per heavy atom. The average Bonchev–Trinajstić information content (AvgIpc) is 2.67. The van der Waals surface area contributed by atoms with Crippen LogP contribution in [0.15, 0.2) is 0 Å². The maximum atomic E-state index is 4.29. The Hall–Kier alpha value is -0.0400. The Bertz CT molecular complexity index is 326. The van der Waals surface area contributed by atoms with Crippen molar-refractivity contribution in [2.75, 3.05) is 0 Å². The molecular formula is C27H57N. The summed E-state index contributed by atoms with van der Waals surface area (Å²) in [5, 5.41) is 4.29. The van der Waals surface area contributed by atoms with E-state index in [9.17, 15) is 0 Å². The molecule has 0 amide bonds. The van der Waals surface area contributed by atoms with Gasteiger partial charge in [0.25, 0.3) is 0 Å². The van der Waals surface area contributed by atoms with E-state index in [1.807, 2.05) is 0 Å². The number of hydrogen-bond acceptors (Lipinski definition) is 1. The van der Waals surface area contributed by atoms with Crippen molar-refractivity contribution in [2.24, 2.45) is 0 Å². The van der Waals surface area contributed by atoms with Crippen LogP contribution in [0.3, 0.4) is 0 Å². The van der Waals surface area contributed by atoms with E-state index in [4.69, 9.17) is 0 Å². The number of hydrogen-bond donors (Lipinski definition) is 1. The predicted molar refractivity (Wildman–Crippen MR) is 130 cm³/mol. The van der Waals surface area contributed by atoms with Gasteiger partial charge in [-0.2, -0.15) is 0 Å².